The van der Waals surface area contributed by atoms with Gasteiger partial charge < -0.3 is 30.9 Å². The Labute approximate surface area is 79.7 Å². The molecule has 0 aromatic rings. The van der Waals surface area contributed by atoms with Crippen molar-refractivity contribution in [3.05, 3.63) is 0 Å². The van der Waals surface area contributed by atoms with E-state index in [1.54, 1.807) is 0 Å². The Bertz CT molecular complexity index is 220. The average Bonchev–Trinajstić information content (AvgIpc) is 2.14. The predicted octanol–water partition coefficient (Wildman–Crippen LogP) is -3.69. The van der Waals surface area contributed by atoms with Crippen molar-refractivity contribution in [1.29, 1.82) is 0 Å². The van der Waals surface area contributed by atoms with E-state index in [9.17, 15) is 20.1 Å². The first kappa shape index (κ1) is 11.3. The Kier molecular flexibility index (Phi) is 3.40. The van der Waals surface area contributed by atoms with E-state index in [2.05, 4.69) is 0 Å². The zero-order valence-electron chi connectivity index (χ0n) is 7.28. The van der Waals surface area contributed by atoms with Gasteiger partial charge in [-0.2, -0.15) is 0 Å². The van der Waals surface area contributed by atoms with E-state index in [4.69, 9.17) is 15.6 Å². The van der Waals surface area contributed by atoms with E-state index in [0.29, 0.717) is 0 Å². The van der Waals surface area contributed by atoms with Gasteiger partial charge in [-0.25, -0.2) is 0 Å². The number of ether oxygens (including phenoxy) is 1. The van der Waals surface area contributed by atoms with E-state index >= 15 is 0 Å². The van der Waals surface area contributed by atoms with Gasteiger partial charge in [0.1, 0.15) is 24.4 Å². The molecule has 1 amide bonds. The van der Waals surface area contributed by atoms with Crippen LogP contribution >= 0.6 is 0 Å². The first-order chi connectivity index (χ1) is 6.49. The van der Waals surface area contributed by atoms with Crippen LogP contribution in [0.3, 0.4) is 0 Å². The minimum Gasteiger partial charge on any atom is -0.394 e. The zero-order valence-corrected chi connectivity index (χ0v) is 7.28. The quantitative estimate of drug-likeness (QED) is 0.316. The monoisotopic (exact) mass is 207 g/mol. The molecule has 7 nitrogen and oxygen atoms in total. The lowest BCUT2D eigenvalue weighted by Crippen LogP contribution is -2.61. The van der Waals surface area contributed by atoms with Gasteiger partial charge in [0, 0.05) is 0 Å². The number of aliphatic hydroxyl groups is 4. The van der Waals surface area contributed by atoms with Crippen LogP contribution in [0.1, 0.15) is 0 Å². The SMILES string of the molecule is NC(=O)[C@@H]1OC(CO)[C@@H](O)[C@H](O)C1O. The molecule has 2 unspecified atom stereocenters. The highest BCUT2D eigenvalue weighted by atomic mass is 16.5. The van der Waals surface area contributed by atoms with Gasteiger partial charge >= 0.3 is 0 Å². The number of rotatable bonds is 2. The summed E-state index contributed by atoms with van der Waals surface area (Å²) in [6.07, 6.45) is -7.11. The number of amides is 1. The van der Waals surface area contributed by atoms with Crippen LogP contribution < -0.4 is 5.73 Å². The minimum atomic E-state index is -1.58. The van der Waals surface area contributed by atoms with Crippen LogP contribution in [0.5, 0.6) is 0 Å². The van der Waals surface area contributed by atoms with Gasteiger partial charge in [-0.05, 0) is 0 Å². The largest absolute Gasteiger partial charge is 0.394 e. The molecular weight excluding hydrogens is 194 g/mol. The van der Waals surface area contributed by atoms with Gasteiger partial charge in [-0.1, -0.05) is 0 Å². The first-order valence-corrected chi connectivity index (χ1v) is 4.09. The molecule has 1 saturated heterocycles. The third kappa shape index (κ3) is 1.86. The van der Waals surface area contributed by atoms with Crippen molar-refractivity contribution in [3.63, 3.8) is 0 Å². The standard InChI is InChI=1S/C7H13NO6/c8-7(13)6-5(12)4(11)3(10)2(1-9)14-6/h2-6,9-12H,1H2,(H2,8,13)/t2?,3-,4+,5?,6-/m1/s1. The van der Waals surface area contributed by atoms with E-state index in [0.717, 1.165) is 0 Å². The van der Waals surface area contributed by atoms with E-state index in [1.165, 1.54) is 0 Å². The summed E-state index contributed by atoms with van der Waals surface area (Å²) >= 11 is 0. The van der Waals surface area contributed by atoms with Crippen molar-refractivity contribution in [3.8, 4) is 0 Å². The lowest BCUT2D eigenvalue weighted by atomic mass is 9.95. The van der Waals surface area contributed by atoms with E-state index in [1.807, 2.05) is 0 Å². The molecule has 1 aliphatic heterocycles. The summed E-state index contributed by atoms with van der Waals surface area (Å²) in [5, 5.41) is 36.5. The fourth-order valence-corrected chi connectivity index (χ4v) is 1.34. The molecule has 5 atom stereocenters. The Hall–Kier alpha value is -0.730. The smallest absolute Gasteiger partial charge is 0.249 e. The van der Waals surface area contributed by atoms with Gasteiger partial charge in [0.15, 0.2) is 6.10 Å². The molecule has 0 aromatic heterocycles. The van der Waals surface area contributed by atoms with Gasteiger partial charge in [0.05, 0.1) is 6.61 Å². The molecule has 0 spiro atoms. The second-order valence-electron chi connectivity index (χ2n) is 3.15. The van der Waals surface area contributed by atoms with Crippen LogP contribution in [-0.4, -0.2) is 63.5 Å². The fourth-order valence-electron chi connectivity index (χ4n) is 1.34. The normalized spacial score (nSPS) is 43.6. The van der Waals surface area contributed by atoms with Crippen LogP contribution in [-0.2, 0) is 9.53 Å². The zero-order chi connectivity index (χ0) is 10.9. The molecule has 0 aromatic carbocycles. The summed E-state index contributed by atoms with van der Waals surface area (Å²) in [6.45, 7) is -0.575. The number of carbonyl (C=O) groups is 1. The molecule has 0 radical (unpaired) electrons. The maximum atomic E-state index is 10.7. The number of primary amides is 1. The highest BCUT2D eigenvalue weighted by molar-refractivity contribution is 5.79. The number of nitrogens with two attached hydrogens (primary N) is 1. The molecule has 14 heavy (non-hydrogen) atoms. The summed E-state index contributed by atoms with van der Waals surface area (Å²) in [6, 6.07) is 0. The summed E-state index contributed by atoms with van der Waals surface area (Å²) in [7, 11) is 0. The Morgan fingerprint density at radius 2 is 1.79 bits per heavy atom. The average molecular weight is 207 g/mol. The highest BCUT2D eigenvalue weighted by Gasteiger charge is 2.45. The Balaban J connectivity index is 2.78. The molecule has 0 bridgehead atoms. The highest BCUT2D eigenvalue weighted by Crippen LogP contribution is 2.20. The van der Waals surface area contributed by atoms with Crippen LogP contribution in [0.4, 0.5) is 0 Å². The number of carbonyl (C=O) groups excluding carboxylic acids is 1. The third-order valence-electron chi connectivity index (χ3n) is 2.17. The number of hydrogen-bond acceptors (Lipinski definition) is 6. The van der Waals surface area contributed by atoms with Crippen LogP contribution in [0.25, 0.3) is 0 Å². The van der Waals surface area contributed by atoms with Gasteiger partial charge in [-0.3, -0.25) is 4.79 Å². The molecule has 1 fully saturated rings. The molecule has 7 heteroatoms. The second kappa shape index (κ2) is 4.20. The molecule has 0 saturated carbocycles. The van der Waals surface area contributed by atoms with Gasteiger partial charge in [-0.15, -0.1) is 0 Å². The van der Waals surface area contributed by atoms with E-state index < -0.39 is 43.0 Å². The van der Waals surface area contributed by atoms with Crippen molar-refractivity contribution in [2.75, 3.05) is 6.61 Å². The molecular formula is C7H13NO6. The van der Waals surface area contributed by atoms with Crippen LogP contribution in [0.2, 0.25) is 0 Å². The lowest BCUT2D eigenvalue weighted by molar-refractivity contribution is -0.225. The summed E-state index contributed by atoms with van der Waals surface area (Å²) in [4.78, 5) is 10.7. The maximum absolute atomic E-state index is 10.7. The van der Waals surface area contributed by atoms with E-state index in [-0.39, 0.29) is 0 Å². The Morgan fingerprint density at radius 3 is 2.21 bits per heavy atom. The minimum absolute atomic E-state index is 0.575. The molecule has 6 N–H and O–H groups in total. The van der Waals surface area contributed by atoms with Crippen molar-refractivity contribution in [1.82, 2.24) is 0 Å². The molecule has 1 rings (SSSR count). The lowest BCUT2D eigenvalue weighted by Gasteiger charge is -2.38. The van der Waals surface area contributed by atoms with Gasteiger partial charge in [0.25, 0.3) is 0 Å². The molecule has 82 valence electrons. The molecule has 1 aliphatic rings. The maximum Gasteiger partial charge on any atom is 0.249 e. The second-order valence-corrected chi connectivity index (χ2v) is 3.15. The van der Waals surface area contributed by atoms with Crippen LogP contribution in [0, 0.1) is 0 Å². The van der Waals surface area contributed by atoms with Crippen LogP contribution in [0.15, 0.2) is 0 Å². The van der Waals surface area contributed by atoms with Crippen molar-refractivity contribution in [2.45, 2.75) is 30.5 Å². The van der Waals surface area contributed by atoms with Crippen molar-refractivity contribution in [2.24, 2.45) is 5.73 Å². The summed E-state index contributed by atoms with van der Waals surface area (Å²) < 4.78 is 4.81. The first-order valence-electron chi connectivity index (χ1n) is 4.09. The van der Waals surface area contributed by atoms with Crippen molar-refractivity contribution < 1.29 is 30.0 Å². The third-order valence-corrected chi connectivity index (χ3v) is 2.17. The van der Waals surface area contributed by atoms with Crippen molar-refractivity contribution >= 4 is 5.91 Å². The Morgan fingerprint density at radius 1 is 1.21 bits per heavy atom. The summed E-state index contributed by atoms with van der Waals surface area (Å²) in [5.41, 5.74) is 4.88. The predicted molar refractivity (Wildman–Crippen MR) is 43.0 cm³/mol. The number of hydrogen-bond donors (Lipinski definition) is 5. The van der Waals surface area contributed by atoms with Gasteiger partial charge in [0.2, 0.25) is 5.91 Å². The molecule has 1 heterocycles. The number of aliphatic hydroxyl groups excluding tert-OH is 4. The topological polar surface area (TPSA) is 133 Å². The summed E-state index contributed by atoms with van der Waals surface area (Å²) in [5.74, 6) is -0.957. The molecule has 0 aliphatic carbocycles. The fraction of sp³-hybridized carbons (Fsp3) is 0.857.